The fraction of sp³-hybridized carbons (Fsp3) is 0.333. The third-order valence-corrected chi connectivity index (χ3v) is 4.64. The molecule has 6 nitrogen and oxygen atoms in total. The van der Waals surface area contributed by atoms with Crippen LogP contribution in [0.3, 0.4) is 0 Å². The predicted molar refractivity (Wildman–Crippen MR) is 103 cm³/mol. The molecule has 2 aromatic rings. The van der Waals surface area contributed by atoms with E-state index in [1.54, 1.807) is 24.3 Å². The summed E-state index contributed by atoms with van der Waals surface area (Å²) < 4.78 is 46.2. The first-order chi connectivity index (χ1) is 14.3. The SMILES string of the molecule is N#Cc1ccc(O[C@H]2CC[C@H](NC(=O)Nc3ccc(OC(F)(F)F)cc3)CC2)cc1. The van der Waals surface area contributed by atoms with Crippen molar-refractivity contribution in [3.63, 3.8) is 0 Å². The number of carbonyl (C=O) groups excluding carboxylic acids is 1. The second-order valence-electron chi connectivity index (χ2n) is 6.90. The summed E-state index contributed by atoms with van der Waals surface area (Å²) in [7, 11) is 0. The molecule has 1 aliphatic rings. The molecule has 1 aliphatic carbocycles. The van der Waals surface area contributed by atoms with Gasteiger partial charge in [-0.05, 0) is 74.2 Å². The number of halogens is 3. The Hall–Kier alpha value is -3.41. The smallest absolute Gasteiger partial charge is 0.490 e. The van der Waals surface area contributed by atoms with Crippen molar-refractivity contribution in [2.45, 2.75) is 44.2 Å². The highest BCUT2D eigenvalue weighted by atomic mass is 19.4. The number of nitriles is 1. The molecule has 0 atom stereocenters. The van der Waals surface area contributed by atoms with Gasteiger partial charge < -0.3 is 20.1 Å². The van der Waals surface area contributed by atoms with Crippen molar-refractivity contribution in [1.82, 2.24) is 5.32 Å². The third-order valence-electron chi connectivity index (χ3n) is 4.64. The van der Waals surface area contributed by atoms with Crippen LogP contribution in [0.25, 0.3) is 0 Å². The first-order valence-electron chi connectivity index (χ1n) is 9.41. The lowest BCUT2D eigenvalue weighted by atomic mass is 9.93. The van der Waals surface area contributed by atoms with Gasteiger partial charge in [0.05, 0.1) is 17.7 Å². The summed E-state index contributed by atoms with van der Waals surface area (Å²) in [6, 6.07) is 13.5. The minimum atomic E-state index is -4.75. The van der Waals surface area contributed by atoms with E-state index in [4.69, 9.17) is 10.00 Å². The highest BCUT2D eigenvalue weighted by Crippen LogP contribution is 2.25. The second kappa shape index (κ2) is 9.39. The predicted octanol–water partition coefficient (Wildman–Crippen LogP) is 4.97. The number of carbonyl (C=O) groups is 1. The summed E-state index contributed by atoms with van der Waals surface area (Å²) in [6.45, 7) is 0. The molecule has 0 spiro atoms. The van der Waals surface area contributed by atoms with E-state index in [1.165, 1.54) is 12.1 Å². The number of hydrogen-bond acceptors (Lipinski definition) is 4. The molecule has 3 rings (SSSR count). The number of amides is 2. The van der Waals surface area contributed by atoms with E-state index < -0.39 is 12.4 Å². The zero-order valence-electron chi connectivity index (χ0n) is 15.9. The molecule has 0 radical (unpaired) electrons. The van der Waals surface area contributed by atoms with Crippen molar-refractivity contribution in [3.05, 3.63) is 54.1 Å². The maximum absolute atomic E-state index is 12.2. The van der Waals surface area contributed by atoms with Gasteiger partial charge in [0.15, 0.2) is 0 Å². The van der Waals surface area contributed by atoms with Gasteiger partial charge in [-0.2, -0.15) is 5.26 Å². The molecular weight excluding hydrogens is 399 g/mol. The van der Waals surface area contributed by atoms with Gasteiger partial charge in [0.1, 0.15) is 11.5 Å². The van der Waals surface area contributed by atoms with Crippen LogP contribution in [0.4, 0.5) is 23.7 Å². The van der Waals surface area contributed by atoms with Crippen molar-refractivity contribution < 1.29 is 27.4 Å². The number of hydrogen-bond donors (Lipinski definition) is 2. The summed E-state index contributed by atoms with van der Waals surface area (Å²) in [5, 5.41) is 14.3. The van der Waals surface area contributed by atoms with Crippen LogP contribution in [0.5, 0.6) is 11.5 Å². The molecule has 158 valence electrons. The average molecular weight is 419 g/mol. The molecule has 1 saturated carbocycles. The van der Waals surface area contributed by atoms with Gasteiger partial charge in [-0.15, -0.1) is 13.2 Å². The van der Waals surface area contributed by atoms with Crippen LogP contribution >= 0.6 is 0 Å². The standard InChI is InChI=1S/C21H20F3N3O3/c22-21(23,24)30-19-11-5-16(6-12-19)27-20(28)26-15-3-9-18(10-4-15)29-17-7-1-14(13-25)2-8-17/h1-2,5-8,11-12,15,18H,3-4,9-10H2,(H2,26,27,28)/t15-,18-. The molecule has 2 aromatic carbocycles. The number of nitrogens with one attached hydrogen (secondary N) is 2. The molecule has 0 aromatic heterocycles. The average Bonchev–Trinajstić information content (AvgIpc) is 2.70. The Morgan fingerprint density at radius 2 is 1.57 bits per heavy atom. The van der Waals surface area contributed by atoms with Gasteiger partial charge in [0.2, 0.25) is 0 Å². The van der Waals surface area contributed by atoms with Crippen molar-refractivity contribution in [2.24, 2.45) is 0 Å². The first kappa shape index (κ1) is 21.3. The van der Waals surface area contributed by atoms with E-state index >= 15 is 0 Å². The van der Waals surface area contributed by atoms with Crippen LogP contribution in [-0.4, -0.2) is 24.5 Å². The number of urea groups is 1. The Morgan fingerprint density at radius 1 is 0.967 bits per heavy atom. The molecular formula is C21H20F3N3O3. The Kier molecular flexibility index (Phi) is 6.67. The maximum Gasteiger partial charge on any atom is 0.573 e. The highest BCUT2D eigenvalue weighted by molar-refractivity contribution is 5.89. The zero-order chi connectivity index (χ0) is 21.6. The third kappa shape index (κ3) is 6.58. The van der Waals surface area contributed by atoms with Gasteiger partial charge in [0, 0.05) is 11.7 Å². The largest absolute Gasteiger partial charge is 0.573 e. The van der Waals surface area contributed by atoms with E-state index in [9.17, 15) is 18.0 Å². The van der Waals surface area contributed by atoms with E-state index in [-0.39, 0.29) is 17.9 Å². The summed E-state index contributed by atoms with van der Waals surface area (Å²) in [5.41, 5.74) is 0.934. The van der Waals surface area contributed by atoms with Gasteiger partial charge >= 0.3 is 12.4 Å². The van der Waals surface area contributed by atoms with Crippen LogP contribution in [0, 0.1) is 11.3 Å². The summed E-state index contributed by atoms with van der Waals surface area (Å²) >= 11 is 0. The Bertz CT molecular complexity index is 885. The lowest BCUT2D eigenvalue weighted by molar-refractivity contribution is -0.274. The normalized spacial score (nSPS) is 18.7. The molecule has 1 fully saturated rings. The molecule has 0 heterocycles. The van der Waals surface area contributed by atoms with Crippen molar-refractivity contribution in [2.75, 3.05) is 5.32 Å². The first-order valence-corrected chi connectivity index (χ1v) is 9.41. The van der Waals surface area contributed by atoms with Crippen LogP contribution < -0.4 is 20.1 Å². The molecule has 0 saturated heterocycles. The molecule has 30 heavy (non-hydrogen) atoms. The number of nitrogens with zero attached hydrogens (tertiary/aromatic N) is 1. The Labute approximate surface area is 171 Å². The zero-order valence-corrected chi connectivity index (χ0v) is 15.9. The minimum Gasteiger partial charge on any atom is -0.490 e. The van der Waals surface area contributed by atoms with Crippen molar-refractivity contribution in [3.8, 4) is 17.6 Å². The van der Waals surface area contributed by atoms with Crippen molar-refractivity contribution >= 4 is 11.7 Å². The molecule has 2 N–H and O–H groups in total. The van der Waals surface area contributed by atoms with Gasteiger partial charge in [-0.25, -0.2) is 4.79 Å². The molecule has 0 aliphatic heterocycles. The van der Waals surface area contributed by atoms with E-state index in [0.717, 1.165) is 37.8 Å². The summed E-state index contributed by atoms with van der Waals surface area (Å²) in [4.78, 5) is 12.1. The maximum atomic E-state index is 12.2. The highest BCUT2D eigenvalue weighted by Gasteiger charge is 2.31. The second-order valence-corrected chi connectivity index (χ2v) is 6.90. The number of alkyl halides is 3. The number of rotatable bonds is 5. The summed E-state index contributed by atoms with van der Waals surface area (Å²) in [6.07, 6.45) is -1.68. The van der Waals surface area contributed by atoms with Gasteiger partial charge in [0.25, 0.3) is 0 Å². The fourth-order valence-corrected chi connectivity index (χ4v) is 3.22. The Balaban J connectivity index is 1.41. The Morgan fingerprint density at radius 3 is 2.13 bits per heavy atom. The van der Waals surface area contributed by atoms with Gasteiger partial charge in [-0.1, -0.05) is 0 Å². The molecule has 0 unspecified atom stereocenters. The number of ether oxygens (including phenoxy) is 2. The van der Waals surface area contributed by atoms with Crippen molar-refractivity contribution in [1.29, 1.82) is 5.26 Å². The van der Waals surface area contributed by atoms with E-state index in [2.05, 4.69) is 21.4 Å². The van der Waals surface area contributed by atoms with Crippen LogP contribution in [0.15, 0.2) is 48.5 Å². The minimum absolute atomic E-state index is 0.0151. The lowest BCUT2D eigenvalue weighted by Gasteiger charge is -2.29. The fourth-order valence-electron chi connectivity index (χ4n) is 3.22. The molecule has 9 heteroatoms. The number of benzene rings is 2. The van der Waals surface area contributed by atoms with Crippen LogP contribution in [0.1, 0.15) is 31.2 Å². The van der Waals surface area contributed by atoms with Gasteiger partial charge in [-0.3, -0.25) is 0 Å². The topological polar surface area (TPSA) is 83.4 Å². The lowest BCUT2D eigenvalue weighted by Crippen LogP contribution is -2.41. The molecule has 2 amide bonds. The van der Waals surface area contributed by atoms with Crippen LogP contribution in [-0.2, 0) is 0 Å². The quantitative estimate of drug-likeness (QED) is 0.717. The monoisotopic (exact) mass is 419 g/mol. The van der Waals surface area contributed by atoms with E-state index in [1.807, 2.05) is 0 Å². The van der Waals surface area contributed by atoms with Crippen LogP contribution in [0.2, 0.25) is 0 Å². The molecule has 0 bridgehead atoms. The van der Waals surface area contributed by atoms with E-state index in [0.29, 0.717) is 17.0 Å². The number of anilines is 1. The summed E-state index contributed by atoms with van der Waals surface area (Å²) in [5.74, 6) is 0.357.